The Morgan fingerprint density at radius 1 is 1.38 bits per heavy atom. The number of carbonyl (C=O) groups excluding carboxylic acids is 2. The molecule has 0 radical (unpaired) electrons. The summed E-state index contributed by atoms with van der Waals surface area (Å²) in [6.45, 7) is 6.25. The first kappa shape index (κ1) is 14.7. The number of carboxylic acid groups (broad SMARTS) is 1. The van der Waals surface area contributed by atoms with Crippen LogP contribution in [0.3, 0.4) is 0 Å². The maximum absolute atomic E-state index is 11.5. The molecule has 6 heteroatoms. The zero-order valence-electron chi connectivity index (χ0n) is 10.2. The number of ether oxygens (including phenoxy) is 1. The number of nitrogens with zero attached hydrogens (tertiary/aromatic N) is 1. The summed E-state index contributed by atoms with van der Waals surface area (Å²) in [5, 5.41) is 20.0. The number of rotatable bonds is 3. The average Bonchev–Trinajstić information content (AvgIpc) is 1.98. The molecule has 2 atom stereocenters. The van der Waals surface area contributed by atoms with Crippen molar-refractivity contribution in [3.8, 4) is 0 Å². The van der Waals surface area contributed by atoms with E-state index in [1.54, 1.807) is 20.8 Å². The molecule has 0 saturated carbocycles. The molecule has 0 aromatic rings. The van der Waals surface area contributed by atoms with Crippen LogP contribution in [0.5, 0.6) is 0 Å². The first-order chi connectivity index (χ1) is 7.06. The molecule has 0 aromatic heterocycles. The molecule has 94 valence electrons. The van der Waals surface area contributed by atoms with Gasteiger partial charge in [-0.2, -0.15) is 0 Å². The minimum absolute atomic E-state index is 0.722. The molecule has 6 nitrogen and oxygen atoms in total. The van der Waals surface area contributed by atoms with Crippen molar-refractivity contribution in [2.45, 2.75) is 45.4 Å². The lowest BCUT2D eigenvalue weighted by Gasteiger charge is -2.32. The van der Waals surface area contributed by atoms with Crippen LogP contribution < -0.4 is 5.11 Å². The van der Waals surface area contributed by atoms with Gasteiger partial charge in [-0.15, -0.1) is 0 Å². The molecule has 0 aliphatic carbocycles. The van der Waals surface area contributed by atoms with Crippen molar-refractivity contribution in [2.75, 3.05) is 7.05 Å². The van der Waals surface area contributed by atoms with Crippen molar-refractivity contribution in [1.29, 1.82) is 0 Å². The van der Waals surface area contributed by atoms with Gasteiger partial charge >= 0.3 is 6.09 Å². The molecule has 0 saturated heterocycles. The van der Waals surface area contributed by atoms with Crippen LogP contribution in [-0.4, -0.2) is 46.9 Å². The van der Waals surface area contributed by atoms with Crippen LogP contribution in [0.15, 0.2) is 0 Å². The number of hydrogen-bond donors (Lipinski definition) is 1. The van der Waals surface area contributed by atoms with Crippen LogP contribution in [0.2, 0.25) is 0 Å². The average molecular weight is 232 g/mol. The number of amides is 1. The SMILES string of the molecule is C[C@@H](O)[C@@H](C(=O)[O-])N(C)C(=O)OC(C)(C)C. The molecule has 0 bridgehead atoms. The lowest BCUT2D eigenvalue weighted by molar-refractivity contribution is -0.313. The minimum Gasteiger partial charge on any atom is -0.548 e. The molecular weight excluding hydrogens is 214 g/mol. The summed E-state index contributed by atoms with van der Waals surface area (Å²) in [7, 11) is 1.24. The lowest BCUT2D eigenvalue weighted by Crippen LogP contribution is -2.55. The fourth-order valence-electron chi connectivity index (χ4n) is 1.13. The third-order valence-electron chi connectivity index (χ3n) is 1.80. The molecule has 0 aliphatic heterocycles. The molecule has 0 heterocycles. The van der Waals surface area contributed by atoms with Crippen LogP contribution in [0.25, 0.3) is 0 Å². The van der Waals surface area contributed by atoms with E-state index in [0.717, 1.165) is 4.90 Å². The maximum atomic E-state index is 11.5. The number of aliphatic carboxylic acids is 1. The van der Waals surface area contributed by atoms with Crippen molar-refractivity contribution in [3.05, 3.63) is 0 Å². The van der Waals surface area contributed by atoms with Crippen molar-refractivity contribution in [2.24, 2.45) is 0 Å². The molecule has 16 heavy (non-hydrogen) atoms. The normalized spacial score (nSPS) is 15.1. The number of aliphatic hydroxyl groups excluding tert-OH is 1. The van der Waals surface area contributed by atoms with E-state index in [1.165, 1.54) is 14.0 Å². The van der Waals surface area contributed by atoms with Gasteiger partial charge in [0.2, 0.25) is 0 Å². The number of carbonyl (C=O) groups is 2. The highest BCUT2D eigenvalue weighted by Crippen LogP contribution is 2.12. The molecule has 0 spiro atoms. The fourth-order valence-corrected chi connectivity index (χ4v) is 1.13. The Morgan fingerprint density at radius 2 is 1.81 bits per heavy atom. The summed E-state index contributed by atoms with van der Waals surface area (Å²) in [4.78, 5) is 23.1. The Kier molecular flexibility index (Phi) is 4.74. The minimum atomic E-state index is -1.52. The predicted molar refractivity (Wildman–Crippen MR) is 54.5 cm³/mol. The molecule has 0 fully saturated rings. The molecule has 0 aliphatic rings. The summed E-state index contributed by atoms with van der Waals surface area (Å²) in [6, 6.07) is -1.42. The second-order valence-electron chi connectivity index (χ2n) is 4.60. The number of aliphatic hydroxyl groups is 1. The van der Waals surface area contributed by atoms with E-state index < -0.39 is 29.8 Å². The van der Waals surface area contributed by atoms with E-state index in [2.05, 4.69) is 0 Å². The van der Waals surface area contributed by atoms with E-state index in [-0.39, 0.29) is 0 Å². The number of carboxylic acids is 1. The highest BCUT2D eigenvalue weighted by atomic mass is 16.6. The van der Waals surface area contributed by atoms with Gasteiger partial charge in [-0.3, -0.25) is 0 Å². The van der Waals surface area contributed by atoms with Gasteiger partial charge in [-0.05, 0) is 27.7 Å². The number of hydrogen-bond acceptors (Lipinski definition) is 5. The summed E-state index contributed by atoms with van der Waals surface area (Å²) in [6.07, 6.45) is -2.05. The highest BCUT2D eigenvalue weighted by Gasteiger charge is 2.28. The van der Waals surface area contributed by atoms with E-state index in [0.29, 0.717) is 0 Å². The van der Waals surface area contributed by atoms with E-state index in [4.69, 9.17) is 4.74 Å². The zero-order valence-corrected chi connectivity index (χ0v) is 10.2. The second-order valence-corrected chi connectivity index (χ2v) is 4.60. The second kappa shape index (κ2) is 5.16. The van der Waals surface area contributed by atoms with Crippen molar-refractivity contribution in [3.63, 3.8) is 0 Å². The van der Waals surface area contributed by atoms with Crippen molar-refractivity contribution in [1.82, 2.24) is 4.90 Å². The van der Waals surface area contributed by atoms with Gasteiger partial charge in [0.05, 0.1) is 18.1 Å². The Morgan fingerprint density at radius 3 is 2.06 bits per heavy atom. The molecule has 1 amide bonds. The van der Waals surface area contributed by atoms with Gasteiger partial charge in [0.25, 0.3) is 0 Å². The van der Waals surface area contributed by atoms with Gasteiger partial charge in [-0.1, -0.05) is 0 Å². The Labute approximate surface area is 94.8 Å². The summed E-state index contributed by atoms with van der Waals surface area (Å²) in [5.41, 5.74) is -0.722. The highest BCUT2D eigenvalue weighted by molar-refractivity contribution is 5.79. The monoisotopic (exact) mass is 232 g/mol. The van der Waals surface area contributed by atoms with Crippen LogP contribution in [0.4, 0.5) is 4.79 Å². The Hall–Kier alpha value is -1.30. The summed E-state index contributed by atoms with van der Waals surface area (Å²) in [5.74, 6) is -1.52. The molecular formula is C10H18NO5-. The van der Waals surface area contributed by atoms with Gasteiger partial charge in [0.1, 0.15) is 5.60 Å². The number of likely N-dealkylation sites (N-methyl/N-ethyl adjacent to an activating group) is 1. The quantitative estimate of drug-likeness (QED) is 0.698. The summed E-state index contributed by atoms with van der Waals surface area (Å²) >= 11 is 0. The third kappa shape index (κ3) is 4.48. The maximum Gasteiger partial charge on any atom is 0.410 e. The van der Waals surface area contributed by atoms with Gasteiger partial charge < -0.3 is 24.6 Å². The topological polar surface area (TPSA) is 89.9 Å². The first-order valence-corrected chi connectivity index (χ1v) is 4.91. The predicted octanol–water partition coefficient (Wildman–Crippen LogP) is -0.647. The van der Waals surface area contributed by atoms with E-state index in [1.807, 2.05) is 0 Å². The molecule has 0 unspecified atom stereocenters. The molecule has 0 aromatic carbocycles. The summed E-state index contributed by atoms with van der Waals surface area (Å²) < 4.78 is 4.97. The van der Waals surface area contributed by atoms with Crippen molar-refractivity contribution >= 4 is 12.1 Å². The molecule has 0 rings (SSSR count). The van der Waals surface area contributed by atoms with Crippen molar-refractivity contribution < 1.29 is 24.5 Å². The Balaban J connectivity index is 4.69. The van der Waals surface area contributed by atoms with Gasteiger partial charge in [-0.25, -0.2) is 4.79 Å². The first-order valence-electron chi connectivity index (χ1n) is 4.91. The van der Waals surface area contributed by atoms with Crippen LogP contribution in [0.1, 0.15) is 27.7 Å². The van der Waals surface area contributed by atoms with Gasteiger partial charge in [0.15, 0.2) is 0 Å². The largest absolute Gasteiger partial charge is 0.548 e. The molecule has 1 N–H and O–H groups in total. The zero-order chi connectivity index (χ0) is 13.1. The van der Waals surface area contributed by atoms with E-state index >= 15 is 0 Å². The van der Waals surface area contributed by atoms with Crippen LogP contribution in [-0.2, 0) is 9.53 Å². The lowest BCUT2D eigenvalue weighted by atomic mass is 10.1. The van der Waals surface area contributed by atoms with E-state index in [9.17, 15) is 19.8 Å². The standard InChI is InChI=1S/C10H19NO5/c1-6(12)7(8(13)14)11(5)9(15)16-10(2,3)4/h6-7,12H,1-5H3,(H,13,14)/p-1/t6-,7+/m1/s1. The fraction of sp³-hybridized carbons (Fsp3) is 0.800. The Bertz CT molecular complexity index is 269. The van der Waals surface area contributed by atoms with Crippen LogP contribution >= 0.6 is 0 Å². The van der Waals surface area contributed by atoms with Gasteiger partial charge in [0, 0.05) is 7.05 Å². The third-order valence-corrected chi connectivity index (χ3v) is 1.80. The van der Waals surface area contributed by atoms with Crippen LogP contribution in [0, 0.1) is 0 Å². The smallest absolute Gasteiger partial charge is 0.410 e.